The van der Waals surface area contributed by atoms with Crippen LogP contribution in [0.2, 0.25) is 0 Å². The lowest BCUT2D eigenvalue weighted by Gasteiger charge is -2.32. The van der Waals surface area contributed by atoms with Gasteiger partial charge in [-0.1, -0.05) is 12.1 Å². The summed E-state index contributed by atoms with van der Waals surface area (Å²) in [7, 11) is 0. The van der Waals surface area contributed by atoms with Gasteiger partial charge in [-0.2, -0.15) is 0 Å². The number of hydrogen-bond acceptors (Lipinski definition) is 5. The van der Waals surface area contributed by atoms with Gasteiger partial charge in [-0.3, -0.25) is 4.79 Å². The maximum absolute atomic E-state index is 13.5. The maximum Gasteiger partial charge on any atom is 0.223 e. The first kappa shape index (κ1) is 18.8. The van der Waals surface area contributed by atoms with E-state index in [-0.39, 0.29) is 23.7 Å². The highest BCUT2D eigenvalue weighted by Crippen LogP contribution is 2.25. The monoisotopic (exact) mass is 384 g/mol. The van der Waals surface area contributed by atoms with Crippen LogP contribution in [0.25, 0.3) is 11.3 Å². The first-order chi connectivity index (χ1) is 13.7. The Morgan fingerprint density at radius 2 is 2.07 bits per heavy atom. The Kier molecular flexibility index (Phi) is 5.81. The molecule has 1 amide bonds. The van der Waals surface area contributed by atoms with Crippen molar-refractivity contribution < 1.29 is 13.9 Å². The minimum Gasteiger partial charge on any atom is -0.376 e. The van der Waals surface area contributed by atoms with Crippen molar-refractivity contribution in [2.24, 2.45) is 5.92 Å². The molecule has 6 nitrogen and oxygen atoms in total. The highest BCUT2D eigenvalue weighted by atomic mass is 19.1. The van der Waals surface area contributed by atoms with E-state index in [0.29, 0.717) is 12.2 Å². The summed E-state index contributed by atoms with van der Waals surface area (Å²) >= 11 is 0. The van der Waals surface area contributed by atoms with Crippen LogP contribution in [0.3, 0.4) is 0 Å². The number of carbonyl (C=O) groups excluding carboxylic acids is 1. The molecule has 2 aliphatic heterocycles. The van der Waals surface area contributed by atoms with E-state index in [9.17, 15) is 9.18 Å². The lowest BCUT2D eigenvalue weighted by Crippen LogP contribution is -2.42. The fourth-order valence-corrected chi connectivity index (χ4v) is 3.86. The average molecular weight is 384 g/mol. The van der Waals surface area contributed by atoms with Gasteiger partial charge in [-0.25, -0.2) is 14.4 Å². The second-order valence-electron chi connectivity index (χ2n) is 7.41. The summed E-state index contributed by atoms with van der Waals surface area (Å²) < 4.78 is 19.0. The van der Waals surface area contributed by atoms with E-state index in [1.54, 1.807) is 6.07 Å². The Balaban J connectivity index is 1.33. The number of nitrogens with one attached hydrogen (secondary N) is 1. The van der Waals surface area contributed by atoms with Crippen molar-refractivity contribution in [3.8, 4) is 11.3 Å². The van der Waals surface area contributed by atoms with Gasteiger partial charge in [-0.05, 0) is 37.8 Å². The SMILES string of the molecule is O=C(NCC1CCCO1)C1CCN(c2cc(-c3cccc(F)c3)ncn2)CC1. The summed E-state index contributed by atoms with van der Waals surface area (Å²) in [4.78, 5) is 23.2. The predicted molar refractivity (Wildman–Crippen MR) is 104 cm³/mol. The van der Waals surface area contributed by atoms with Crippen molar-refractivity contribution in [2.45, 2.75) is 31.8 Å². The average Bonchev–Trinajstić information content (AvgIpc) is 3.26. The molecule has 148 valence electrons. The number of anilines is 1. The van der Waals surface area contributed by atoms with E-state index in [0.717, 1.165) is 56.8 Å². The number of rotatable bonds is 5. The predicted octanol–water partition coefficient (Wildman–Crippen LogP) is 2.79. The number of aromatic nitrogens is 2. The number of benzene rings is 1. The quantitative estimate of drug-likeness (QED) is 0.859. The summed E-state index contributed by atoms with van der Waals surface area (Å²) in [6.45, 7) is 2.94. The first-order valence-corrected chi connectivity index (χ1v) is 9.91. The Morgan fingerprint density at radius 3 is 2.82 bits per heavy atom. The molecule has 3 heterocycles. The van der Waals surface area contributed by atoms with Crippen molar-refractivity contribution >= 4 is 11.7 Å². The van der Waals surface area contributed by atoms with E-state index in [4.69, 9.17) is 4.74 Å². The molecule has 1 unspecified atom stereocenters. The van der Waals surface area contributed by atoms with E-state index in [1.807, 2.05) is 12.1 Å². The normalized spacial score (nSPS) is 20.3. The van der Waals surface area contributed by atoms with Gasteiger partial charge in [-0.15, -0.1) is 0 Å². The first-order valence-electron chi connectivity index (χ1n) is 9.91. The van der Waals surface area contributed by atoms with E-state index < -0.39 is 0 Å². The summed E-state index contributed by atoms with van der Waals surface area (Å²) in [6.07, 6.45) is 5.37. The summed E-state index contributed by atoms with van der Waals surface area (Å²) in [5.41, 5.74) is 1.42. The maximum atomic E-state index is 13.5. The molecule has 0 spiro atoms. The third-order valence-electron chi connectivity index (χ3n) is 5.49. The van der Waals surface area contributed by atoms with Crippen LogP contribution in [0.15, 0.2) is 36.7 Å². The number of piperidine rings is 1. The second kappa shape index (κ2) is 8.65. The Bertz CT molecular complexity index is 818. The third kappa shape index (κ3) is 4.47. The number of ether oxygens (including phenoxy) is 1. The van der Waals surface area contributed by atoms with Crippen molar-refractivity contribution in [2.75, 3.05) is 31.1 Å². The molecule has 1 aromatic heterocycles. The minimum atomic E-state index is -0.285. The number of nitrogens with zero attached hydrogens (tertiary/aromatic N) is 3. The molecule has 2 saturated heterocycles. The highest BCUT2D eigenvalue weighted by Gasteiger charge is 2.26. The van der Waals surface area contributed by atoms with Crippen molar-refractivity contribution in [3.05, 3.63) is 42.5 Å². The molecule has 0 saturated carbocycles. The Morgan fingerprint density at radius 1 is 1.21 bits per heavy atom. The van der Waals surface area contributed by atoms with Crippen LogP contribution in [0.1, 0.15) is 25.7 Å². The third-order valence-corrected chi connectivity index (χ3v) is 5.49. The molecule has 1 atom stereocenters. The lowest BCUT2D eigenvalue weighted by molar-refractivity contribution is -0.126. The summed E-state index contributed by atoms with van der Waals surface area (Å²) in [5, 5.41) is 3.04. The molecule has 0 aliphatic carbocycles. The summed E-state index contributed by atoms with van der Waals surface area (Å²) in [6, 6.07) is 8.27. The highest BCUT2D eigenvalue weighted by molar-refractivity contribution is 5.79. The molecule has 1 aromatic carbocycles. The molecular weight excluding hydrogens is 359 g/mol. The van der Waals surface area contributed by atoms with Crippen LogP contribution in [-0.2, 0) is 9.53 Å². The molecule has 1 N–H and O–H groups in total. The zero-order valence-corrected chi connectivity index (χ0v) is 15.8. The molecule has 0 bridgehead atoms. The van der Waals surface area contributed by atoms with Crippen LogP contribution in [0.5, 0.6) is 0 Å². The zero-order chi connectivity index (χ0) is 19.3. The number of hydrogen-bond donors (Lipinski definition) is 1. The van der Waals surface area contributed by atoms with Crippen molar-refractivity contribution in [1.29, 1.82) is 0 Å². The number of amides is 1. The van der Waals surface area contributed by atoms with E-state index in [2.05, 4.69) is 20.2 Å². The van der Waals surface area contributed by atoms with Gasteiger partial charge < -0.3 is 15.0 Å². The molecule has 0 radical (unpaired) electrons. The molecule has 2 aliphatic rings. The topological polar surface area (TPSA) is 67.3 Å². The van der Waals surface area contributed by atoms with Gasteiger partial charge in [0.25, 0.3) is 0 Å². The molecule has 4 rings (SSSR count). The second-order valence-corrected chi connectivity index (χ2v) is 7.41. The van der Waals surface area contributed by atoms with Crippen molar-refractivity contribution in [3.63, 3.8) is 0 Å². The van der Waals surface area contributed by atoms with Gasteiger partial charge in [0.2, 0.25) is 5.91 Å². The Hall–Kier alpha value is -2.54. The fourth-order valence-electron chi connectivity index (χ4n) is 3.86. The molecule has 2 aromatic rings. The van der Waals surface area contributed by atoms with Gasteiger partial charge in [0.15, 0.2) is 0 Å². The van der Waals surface area contributed by atoms with Crippen LogP contribution < -0.4 is 10.2 Å². The van der Waals surface area contributed by atoms with Crippen LogP contribution in [0.4, 0.5) is 10.2 Å². The lowest BCUT2D eigenvalue weighted by atomic mass is 9.95. The molecule has 28 heavy (non-hydrogen) atoms. The van der Waals surface area contributed by atoms with Crippen LogP contribution in [-0.4, -0.2) is 48.2 Å². The summed E-state index contributed by atoms with van der Waals surface area (Å²) in [5.74, 6) is 0.681. The fraction of sp³-hybridized carbons (Fsp3) is 0.476. The minimum absolute atomic E-state index is 0.0298. The molecule has 2 fully saturated rings. The van der Waals surface area contributed by atoms with E-state index in [1.165, 1.54) is 18.5 Å². The number of halogens is 1. The van der Waals surface area contributed by atoms with Gasteiger partial charge >= 0.3 is 0 Å². The zero-order valence-electron chi connectivity index (χ0n) is 15.8. The van der Waals surface area contributed by atoms with Crippen LogP contribution in [0, 0.1) is 11.7 Å². The number of carbonyl (C=O) groups is 1. The van der Waals surface area contributed by atoms with Gasteiger partial charge in [0, 0.05) is 43.8 Å². The van der Waals surface area contributed by atoms with Crippen LogP contribution >= 0.6 is 0 Å². The van der Waals surface area contributed by atoms with Crippen molar-refractivity contribution in [1.82, 2.24) is 15.3 Å². The smallest absolute Gasteiger partial charge is 0.223 e. The largest absolute Gasteiger partial charge is 0.376 e. The molecule has 7 heteroatoms. The van der Waals surface area contributed by atoms with Gasteiger partial charge in [0.05, 0.1) is 11.8 Å². The Labute approximate surface area is 164 Å². The molecular formula is C21H25FN4O2. The standard InChI is InChI=1S/C21H25FN4O2/c22-17-4-1-3-16(11-17)19-12-20(25-14-24-19)26-8-6-15(7-9-26)21(27)23-13-18-5-2-10-28-18/h1,3-4,11-12,14-15,18H,2,5-10,13H2,(H,23,27). The van der Waals surface area contributed by atoms with E-state index >= 15 is 0 Å². The van der Waals surface area contributed by atoms with Gasteiger partial charge in [0.1, 0.15) is 18.0 Å².